The van der Waals surface area contributed by atoms with E-state index >= 15 is 0 Å². The van der Waals surface area contributed by atoms with Crippen LogP contribution < -0.4 is 5.32 Å². The van der Waals surface area contributed by atoms with E-state index < -0.39 is 11.7 Å². The maximum absolute atomic E-state index is 13.1. The first kappa shape index (κ1) is 27.8. The van der Waals surface area contributed by atoms with Crippen LogP contribution in [0.4, 0.5) is 13.2 Å². The number of rotatable bonds is 4. The summed E-state index contributed by atoms with van der Waals surface area (Å²) in [4.78, 5) is 17.1. The summed E-state index contributed by atoms with van der Waals surface area (Å²) >= 11 is 0. The normalized spacial score (nSPS) is 20.8. The molecule has 3 aliphatic rings. The first-order chi connectivity index (χ1) is 17.3. The van der Waals surface area contributed by atoms with Crippen LogP contribution in [0.1, 0.15) is 63.6 Å². The predicted molar refractivity (Wildman–Crippen MR) is 138 cm³/mol. The van der Waals surface area contributed by atoms with Crippen LogP contribution in [0.2, 0.25) is 0 Å². The lowest BCUT2D eigenvalue weighted by Gasteiger charge is -2.41. The number of carbonyl (C=O) groups is 1. The van der Waals surface area contributed by atoms with Crippen LogP contribution in [0, 0.1) is 5.92 Å². The molecule has 2 heterocycles. The molecule has 0 spiro atoms. The summed E-state index contributed by atoms with van der Waals surface area (Å²) in [6.07, 6.45) is -0.603. The van der Waals surface area contributed by atoms with Crippen LogP contribution in [0.5, 0.6) is 0 Å². The lowest BCUT2D eigenvalue weighted by molar-refractivity contribution is -0.138. The Morgan fingerprint density at radius 3 is 2.17 bits per heavy atom. The van der Waals surface area contributed by atoms with Gasteiger partial charge in [-0.1, -0.05) is 76.6 Å². The zero-order chi connectivity index (χ0) is 26.3. The van der Waals surface area contributed by atoms with E-state index in [1.807, 2.05) is 19.9 Å². The summed E-state index contributed by atoms with van der Waals surface area (Å²) in [7, 11) is 0. The molecule has 7 heteroatoms. The van der Waals surface area contributed by atoms with Crippen molar-refractivity contribution in [2.75, 3.05) is 13.1 Å². The third-order valence-corrected chi connectivity index (χ3v) is 6.92. The summed E-state index contributed by atoms with van der Waals surface area (Å²) in [5, 5.41) is 3.36. The number of fused-ring (bicyclic) bond motifs is 2. The number of benzene rings is 2. The van der Waals surface area contributed by atoms with Gasteiger partial charge in [-0.3, -0.25) is 10.1 Å². The molecule has 4 nitrogen and oxygen atoms in total. The van der Waals surface area contributed by atoms with Gasteiger partial charge in [-0.15, -0.1) is 0 Å². The molecule has 0 bridgehead atoms. The smallest absolute Gasteiger partial charge is 0.341 e. The van der Waals surface area contributed by atoms with Gasteiger partial charge in [0.2, 0.25) is 0 Å². The van der Waals surface area contributed by atoms with Gasteiger partial charge in [0.1, 0.15) is 0 Å². The molecule has 2 atom stereocenters. The SMILES string of the molecule is CC.CC[C@H]1CC2=C(C1)N1CCNC1N(Cc1ccc(C(F)(F)F)cc1)C2=O.CCc1ccccc1. The molecule has 196 valence electrons. The largest absolute Gasteiger partial charge is 0.416 e. The molecule has 5 rings (SSSR count). The Morgan fingerprint density at radius 2 is 1.61 bits per heavy atom. The number of amides is 1. The maximum Gasteiger partial charge on any atom is 0.416 e. The zero-order valence-electron chi connectivity index (χ0n) is 21.7. The highest BCUT2D eigenvalue weighted by atomic mass is 19.4. The molecule has 0 radical (unpaired) electrons. The van der Waals surface area contributed by atoms with Crippen LogP contribution in [0.25, 0.3) is 0 Å². The van der Waals surface area contributed by atoms with E-state index in [-0.39, 0.29) is 12.2 Å². The van der Waals surface area contributed by atoms with E-state index in [0.29, 0.717) is 18.0 Å². The molecule has 2 aromatic rings. The van der Waals surface area contributed by atoms with Crippen molar-refractivity contribution in [1.82, 2.24) is 15.1 Å². The Balaban J connectivity index is 0.000000305. The molecule has 1 saturated heterocycles. The third kappa shape index (κ3) is 6.30. The van der Waals surface area contributed by atoms with Gasteiger partial charge in [-0.25, -0.2) is 0 Å². The second-order valence-electron chi connectivity index (χ2n) is 9.10. The molecule has 1 N–H and O–H groups in total. The predicted octanol–water partition coefficient (Wildman–Crippen LogP) is 6.59. The van der Waals surface area contributed by atoms with Crippen molar-refractivity contribution in [2.45, 2.75) is 72.4 Å². The average Bonchev–Trinajstić information content (AvgIpc) is 3.56. The van der Waals surface area contributed by atoms with Crippen LogP contribution in [-0.2, 0) is 23.9 Å². The molecule has 2 aromatic carbocycles. The van der Waals surface area contributed by atoms with Crippen molar-refractivity contribution in [1.29, 1.82) is 0 Å². The van der Waals surface area contributed by atoms with E-state index in [1.54, 1.807) is 4.90 Å². The molecule has 1 unspecified atom stereocenters. The van der Waals surface area contributed by atoms with Crippen LogP contribution in [0.3, 0.4) is 0 Å². The van der Waals surface area contributed by atoms with Crippen molar-refractivity contribution < 1.29 is 18.0 Å². The van der Waals surface area contributed by atoms with Crippen LogP contribution in [-0.4, -0.2) is 35.1 Å². The zero-order valence-corrected chi connectivity index (χ0v) is 21.7. The van der Waals surface area contributed by atoms with Gasteiger partial charge in [0, 0.05) is 30.9 Å². The minimum Gasteiger partial charge on any atom is -0.341 e. The number of nitrogens with zero attached hydrogens (tertiary/aromatic N) is 2. The highest BCUT2D eigenvalue weighted by molar-refractivity contribution is 5.95. The number of carbonyl (C=O) groups excluding carboxylic acids is 1. The summed E-state index contributed by atoms with van der Waals surface area (Å²) in [6.45, 7) is 10.3. The van der Waals surface area contributed by atoms with Crippen molar-refractivity contribution in [3.8, 4) is 0 Å². The van der Waals surface area contributed by atoms with Crippen molar-refractivity contribution in [3.05, 3.63) is 82.6 Å². The summed E-state index contributed by atoms with van der Waals surface area (Å²) in [5.41, 5.74) is 3.50. The Labute approximate surface area is 213 Å². The summed E-state index contributed by atoms with van der Waals surface area (Å²) in [5.74, 6) is 0.530. The van der Waals surface area contributed by atoms with Crippen LogP contribution >= 0.6 is 0 Å². The van der Waals surface area contributed by atoms with Gasteiger partial charge in [0.05, 0.1) is 5.56 Å². The fourth-order valence-electron chi connectivity index (χ4n) is 4.93. The van der Waals surface area contributed by atoms with Crippen molar-refractivity contribution in [2.24, 2.45) is 5.92 Å². The Bertz CT molecular complexity index is 1020. The molecule has 36 heavy (non-hydrogen) atoms. The van der Waals surface area contributed by atoms with E-state index in [0.717, 1.165) is 56.5 Å². The molecule has 0 aromatic heterocycles. The number of hydrogen-bond acceptors (Lipinski definition) is 3. The maximum atomic E-state index is 13.1. The highest BCUT2D eigenvalue weighted by Crippen LogP contribution is 2.41. The second-order valence-corrected chi connectivity index (χ2v) is 9.10. The van der Waals surface area contributed by atoms with Crippen LogP contribution in [0.15, 0.2) is 65.9 Å². The van der Waals surface area contributed by atoms with E-state index in [9.17, 15) is 18.0 Å². The van der Waals surface area contributed by atoms with Gasteiger partial charge in [-0.2, -0.15) is 13.2 Å². The van der Waals surface area contributed by atoms with Gasteiger partial charge in [0.15, 0.2) is 6.29 Å². The van der Waals surface area contributed by atoms with E-state index in [1.165, 1.54) is 23.4 Å². The number of aryl methyl sites for hydroxylation is 1. The number of halogens is 3. The van der Waals surface area contributed by atoms with Gasteiger partial charge in [0.25, 0.3) is 5.91 Å². The number of alkyl halides is 3. The van der Waals surface area contributed by atoms with E-state index in [2.05, 4.69) is 48.3 Å². The van der Waals surface area contributed by atoms with Crippen molar-refractivity contribution >= 4 is 5.91 Å². The van der Waals surface area contributed by atoms with Crippen molar-refractivity contribution in [3.63, 3.8) is 0 Å². The minimum absolute atomic E-state index is 0.0199. The molecular weight excluding hydrogens is 463 g/mol. The fraction of sp³-hybridized carbons (Fsp3) is 0.483. The lowest BCUT2D eigenvalue weighted by atomic mass is 10.0. The Hall–Kier alpha value is -2.80. The van der Waals surface area contributed by atoms with Gasteiger partial charge >= 0.3 is 6.18 Å². The second kappa shape index (κ2) is 12.4. The third-order valence-electron chi connectivity index (χ3n) is 6.92. The number of hydrogen-bond donors (Lipinski definition) is 1. The Morgan fingerprint density at radius 1 is 0.944 bits per heavy atom. The summed E-state index contributed by atoms with van der Waals surface area (Å²) < 4.78 is 38.2. The van der Waals surface area contributed by atoms with Gasteiger partial charge in [-0.05, 0) is 48.4 Å². The lowest BCUT2D eigenvalue weighted by Crippen LogP contribution is -2.55. The highest BCUT2D eigenvalue weighted by Gasteiger charge is 2.44. The standard InChI is InChI=1S/C19H22F3N3O.C8H10.C2H6/c1-2-12-9-15-16(10-12)24-8-7-23-18(24)25(17(15)26)11-13-3-5-14(6-4-13)19(20,21)22;1-2-8-6-4-3-5-7-8;1-2/h3-6,12,18,23H,2,7-11H2,1H3;3-7H,2H2,1H3;1-2H3/t12-,18?;;/m0../s1. The molecule has 1 fully saturated rings. The van der Waals surface area contributed by atoms with Gasteiger partial charge < -0.3 is 9.80 Å². The first-order valence-electron chi connectivity index (χ1n) is 13.0. The fourth-order valence-corrected chi connectivity index (χ4v) is 4.93. The monoisotopic (exact) mass is 501 g/mol. The minimum atomic E-state index is -4.35. The summed E-state index contributed by atoms with van der Waals surface area (Å²) in [6, 6.07) is 15.5. The molecule has 0 saturated carbocycles. The average molecular weight is 502 g/mol. The number of allylic oxidation sites excluding steroid dienone is 1. The molecule has 1 aliphatic carbocycles. The topological polar surface area (TPSA) is 35.6 Å². The molecule has 2 aliphatic heterocycles. The molecular formula is C29H38F3N3O. The molecule has 1 amide bonds. The first-order valence-corrected chi connectivity index (χ1v) is 13.0. The Kier molecular flexibility index (Phi) is 9.60. The quantitative estimate of drug-likeness (QED) is 0.514. The van der Waals surface area contributed by atoms with E-state index in [4.69, 9.17) is 0 Å². The number of nitrogens with one attached hydrogen (secondary N) is 1.